The highest BCUT2D eigenvalue weighted by Gasteiger charge is 2.10. The van der Waals surface area contributed by atoms with Crippen LogP contribution in [0.15, 0.2) is 24.3 Å². The van der Waals surface area contributed by atoms with Crippen LogP contribution in [-0.4, -0.2) is 44.0 Å². The summed E-state index contributed by atoms with van der Waals surface area (Å²) in [5, 5.41) is 11.2. The van der Waals surface area contributed by atoms with E-state index in [4.69, 9.17) is 5.11 Å². The number of amides is 1. The molecule has 0 saturated heterocycles. The van der Waals surface area contributed by atoms with Crippen molar-refractivity contribution in [3.63, 3.8) is 0 Å². The van der Waals surface area contributed by atoms with Crippen molar-refractivity contribution in [2.75, 3.05) is 18.6 Å². The summed E-state index contributed by atoms with van der Waals surface area (Å²) in [4.78, 5) is 22.3. The molecule has 0 fully saturated rings. The molecule has 0 aliphatic heterocycles. The highest BCUT2D eigenvalue weighted by atomic mass is 32.2. The summed E-state index contributed by atoms with van der Waals surface area (Å²) in [6.45, 7) is -0.00499. The molecule has 0 atom stereocenters. The summed E-state index contributed by atoms with van der Waals surface area (Å²) >= 11 is 0. The van der Waals surface area contributed by atoms with Gasteiger partial charge in [-0.05, 0) is 18.2 Å². The van der Waals surface area contributed by atoms with E-state index < -0.39 is 21.7 Å². The number of nitrogens with one attached hydrogen (secondary N) is 1. The third-order valence-electron chi connectivity index (χ3n) is 2.13. The van der Waals surface area contributed by atoms with Crippen molar-refractivity contribution >= 4 is 21.7 Å². The Morgan fingerprint density at radius 1 is 1.28 bits per heavy atom. The summed E-state index contributed by atoms with van der Waals surface area (Å²) in [5.41, 5.74) is 0.189. The Kier molecular flexibility index (Phi) is 4.43. The van der Waals surface area contributed by atoms with Crippen LogP contribution in [0.25, 0.3) is 0 Å². The van der Waals surface area contributed by atoms with Gasteiger partial charge in [-0.2, -0.15) is 0 Å². The largest absolute Gasteiger partial charge is 0.478 e. The molecule has 1 aromatic carbocycles. The van der Waals surface area contributed by atoms with Crippen LogP contribution in [0, 0.1) is 0 Å². The lowest BCUT2D eigenvalue weighted by Gasteiger charge is -2.05. The monoisotopic (exact) mass is 271 g/mol. The van der Waals surface area contributed by atoms with Gasteiger partial charge < -0.3 is 10.4 Å². The van der Waals surface area contributed by atoms with Gasteiger partial charge in [0.25, 0.3) is 5.91 Å². The van der Waals surface area contributed by atoms with E-state index >= 15 is 0 Å². The normalized spacial score (nSPS) is 10.9. The zero-order valence-electron chi connectivity index (χ0n) is 9.71. The van der Waals surface area contributed by atoms with Gasteiger partial charge in [0.2, 0.25) is 0 Å². The predicted molar refractivity (Wildman–Crippen MR) is 65.4 cm³/mol. The number of benzene rings is 1. The van der Waals surface area contributed by atoms with E-state index in [1.54, 1.807) is 0 Å². The lowest BCUT2D eigenvalue weighted by Crippen LogP contribution is -2.28. The lowest BCUT2D eigenvalue weighted by atomic mass is 10.1. The fourth-order valence-corrected chi connectivity index (χ4v) is 1.72. The molecule has 1 amide bonds. The number of carbonyl (C=O) groups excluding carboxylic acids is 1. The van der Waals surface area contributed by atoms with E-state index in [-0.39, 0.29) is 23.4 Å². The maximum atomic E-state index is 11.6. The Morgan fingerprint density at radius 2 is 1.89 bits per heavy atom. The van der Waals surface area contributed by atoms with Crippen molar-refractivity contribution in [3.8, 4) is 0 Å². The average molecular weight is 271 g/mol. The first-order chi connectivity index (χ1) is 8.29. The molecule has 7 heteroatoms. The van der Waals surface area contributed by atoms with Crippen LogP contribution in [0.4, 0.5) is 0 Å². The number of carboxylic acid groups (broad SMARTS) is 1. The van der Waals surface area contributed by atoms with Gasteiger partial charge in [-0.1, -0.05) is 6.07 Å². The fourth-order valence-electron chi connectivity index (χ4n) is 1.25. The Hall–Kier alpha value is -1.89. The predicted octanol–water partition coefficient (Wildman–Crippen LogP) is 0.159. The SMILES string of the molecule is CS(=O)(=O)CCNC(=O)c1cccc(C(=O)O)c1. The zero-order valence-corrected chi connectivity index (χ0v) is 10.5. The van der Waals surface area contributed by atoms with Gasteiger partial charge in [0, 0.05) is 18.4 Å². The number of carbonyl (C=O) groups is 2. The minimum atomic E-state index is -3.13. The molecule has 0 saturated carbocycles. The van der Waals surface area contributed by atoms with Gasteiger partial charge >= 0.3 is 5.97 Å². The maximum absolute atomic E-state index is 11.6. The quantitative estimate of drug-likeness (QED) is 0.794. The van der Waals surface area contributed by atoms with Gasteiger partial charge in [-0.25, -0.2) is 13.2 Å². The number of carboxylic acids is 1. The second-order valence-electron chi connectivity index (χ2n) is 3.77. The molecule has 0 spiro atoms. The number of rotatable bonds is 5. The summed E-state index contributed by atoms with van der Waals surface area (Å²) in [6.07, 6.45) is 1.07. The van der Waals surface area contributed by atoms with E-state index in [0.717, 1.165) is 6.26 Å². The second kappa shape index (κ2) is 5.63. The van der Waals surface area contributed by atoms with Crippen molar-refractivity contribution in [1.82, 2.24) is 5.32 Å². The Labute approximate surface area is 105 Å². The molecule has 0 heterocycles. The van der Waals surface area contributed by atoms with Crippen LogP contribution in [-0.2, 0) is 9.84 Å². The average Bonchev–Trinajstić information content (AvgIpc) is 2.27. The van der Waals surface area contributed by atoms with E-state index in [0.29, 0.717) is 0 Å². The Bertz CT molecular complexity index is 565. The maximum Gasteiger partial charge on any atom is 0.335 e. The van der Waals surface area contributed by atoms with E-state index in [1.165, 1.54) is 24.3 Å². The van der Waals surface area contributed by atoms with Crippen molar-refractivity contribution in [2.45, 2.75) is 0 Å². The minimum Gasteiger partial charge on any atom is -0.478 e. The highest BCUT2D eigenvalue weighted by Crippen LogP contribution is 2.05. The van der Waals surface area contributed by atoms with Crippen LogP contribution in [0.5, 0.6) is 0 Å². The highest BCUT2D eigenvalue weighted by molar-refractivity contribution is 7.90. The number of aromatic carboxylic acids is 1. The summed E-state index contributed by atoms with van der Waals surface area (Å²) in [7, 11) is -3.13. The molecule has 0 unspecified atom stereocenters. The summed E-state index contributed by atoms with van der Waals surface area (Å²) < 4.78 is 21.7. The molecule has 0 bridgehead atoms. The molecular weight excluding hydrogens is 258 g/mol. The van der Waals surface area contributed by atoms with Crippen molar-refractivity contribution < 1.29 is 23.1 Å². The third-order valence-corrected chi connectivity index (χ3v) is 3.08. The molecule has 1 rings (SSSR count). The number of sulfone groups is 1. The zero-order chi connectivity index (χ0) is 13.8. The molecule has 0 aliphatic carbocycles. The summed E-state index contributed by atoms with van der Waals surface area (Å²) in [5.74, 6) is -1.78. The van der Waals surface area contributed by atoms with Crippen molar-refractivity contribution in [2.24, 2.45) is 0 Å². The number of hydrogen-bond donors (Lipinski definition) is 2. The first-order valence-electron chi connectivity index (χ1n) is 5.09. The molecule has 0 aliphatic rings. The first kappa shape index (κ1) is 14.2. The molecule has 0 aromatic heterocycles. The lowest BCUT2D eigenvalue weighted by molar-refractivity contribution is 0.0697. The molecule has 0 radical (unpaired) electrons. The standard InChI is InChI=1S/C11H13NO5S/c1-18(16,17)6-5-12-10(13)8-3-2-4-9(7-8)11(14)15/h2-4,7H,5-6H2,1H3,(H,12,13)(H,14,15). The molecule has 1 aromatic rings. The molecule has 18 heavy (non-hydrogen) atoms. The van der Waals surface area contributed by atoms with Crippen LogP contribution in [0.3, 0.4) is 0 Å². The Morgan fingerprint density at radius 3 is 2.44 bits per heavy atom. The van der Waals surface area contributed by atoms with E-state index in [2.05, 4.69) is 5.32 Å². The van der Waals surface area contributed by atoms with Gasteiger partial charge in [-0.3, -0.25) is 4.79 Å². The van der Waals surface area contributed by atoms with Crippen LogP contribution >= 0.6 is 0 Å². The third kappa shape index (κ3) is 4.54. The topological polar surface area (TPSA) is 101 Å². The van der Waals surface area contributed by atoms with Crippen LogP contribution < -0.4 is 5.32 Å². The van der Waals surface area contributed by atoms with Gasteiger partial charge in [-0.15, -0.1) is 0 Å². The second-order valence-corrected chi connectivity index (χ2v) is 6.03. The van der Waals surface area contributed by atoms with E-state index in [1.807, 2.05) is 0 Å². The molecule has 2 N–H and O–H groups in total. The fraction of sp³-hybridized carbons (Fsp3) is 0.273. The van der Waals surface area contributed by atoms with Crippen LogP contribution in [0.1, 0.15) is 20.7 Å². The Balaban J connectivity index is 2.67. The summed E-state index contributed by atoms with van der Waals surface area (Å²) in [6, 6.07) is 5.52. The molecular formula is C11H13NO5S. The van der Waals surface area contributed by atoms with Crippen LogP contribution in [0.2, 0.25) is 0 Å². The number of hydrogen-bond acceptors (Lipinski definition) is 4. The molecule has 6 nitrogen and oxygen atoms in total. The first-order valence-corrected chi connectivity index (χ1v) is 7.15. The van der Waals surface area contributed by atoms with Gasteiger partial charge in [0.05, 0.1) is 11.3 Å². The minimum absolute atomic E-state index is 0.00499. The van der Waals surface area contributed by atoms with Gasteiger partial charge in [0.1, 0.15) is 9.84 Å². The van der Waals surface area contributed by atoms with Crippen molar-refractivity contribution in [3.05, 3.63) is 35.4 Å². The van der Waals surface area contributed by atoms with E-state index in [9.17, 15) is 18.0 Å². The smallest absolute Gasteiger partial charge is 0.335 e. The molecule has 98 valence electrons. The van der Waals surface area contributed by atoms with Crippen molar-refractivity contribution in [1.29, 1.82) is 0 Å². The van der Waals surface area contributed by atoms with Gasteiger partial charge in [0.15, 0.2) is 0 Å².